The van der Waals surface area contributed by atoms with Gasteiger partial charge < -0.3 is 14.6 Å². The van der Waals surface area contributed by atoms with E-state index < -0.39 is 0 Å². The van der Waals surface area contributed by atoms with Crippen LogP contribution in [0.3, 0.4) is 0 Å². The third-order valence-electron chi connectivity index (χ3n) is 4.61. The van der Waals surface area contributed by atoms with E-state index in [-0.39, 0.29) is 11.2 Å². The zero-order valence-corrected chi connectivity index (χ0v) is 18.0. The highest BCUT2D eigenvalue weighted by Gasteiger charge is 2.16. The second-order valence-electron chi connectivity index (χ2n) is 6.62. The third-order valence-corrected chi connectivity index (χ3v) is 5.46. The lowest BCUT2D eigenvalue weighted by atomic mass is 10.1. The van der Waals surface area contributed by atoms with Gasteiger partial charge >= 0.3 is 0 Å². The third kappa shape index (κ3) is 6.02. The molecule has 0 radical (unpaired) electrons. The molecular weight excluding hydrogens is 406 g/mol. The monoisotopic (exact) mass is 429 g/mol. The molecular formula is C22H24ClN3O2S. The first-order chi connectivity index (χ1) is 14.1. The fraction of sp³-hybridized carbons (Fsp3) is 0.273. The maximum absolute atomic E-state index is 12.0. The van der Waals surface area contributed by atoms with Crippen LogP contribution in [0.1, 0.15) is 22.3 Å². The highest BCUT2D eigenvalue weighted by Crippen LogP contribution is 2.29. The molecule has 0 saturated carbocycles. The van der Waals surface area contributed by atoms with Crippen molar-refractivity contribution in [3.63, 3.8) is 0 Å². The molecule has 3 aromatic rings. The Kier molecular flexibility index (Phi) is 7.61. The van der Waals surface area contributed by atoms with Gasteiger partial charge in [-0.2, -0.15) is 0 Å². The average Bonchev–Trinajstić information content (AvgIpc) is 3.26. The predicted octanol–water partition coefficient (Wildman–Crippen LogP) is 5.16. The zero-order valence-electron chi connectivity index (χ0n) is 16.5. The Hall–Kier alpha value is -2.44. The number of carbonyl (C=O) groups excluding carboxylic acids is 1. The molecule has 0 amide bonds. The molecule has 0 aliphatic carbocycles. The Bertz CT molecular complexity index is 930. The number of imidazole rings is 1. The van der Waals surface area contributed by atoms with Gasteiger partial charge in [0, 0.05) is 30.0 Å². The number of nitrogens with zero attached hydrogens (tertiary/aromatic N) is 2. The van der Waals surface area contributed by atoms with Crippen LogP contribution >= 0.6 is 23.4 Å². The summed E-state index contributed by atoms with van der Waals surface area (Å²) < 4.78 is 8.38. The van der Waals surface area contributed by atoms with Crippen LogP contribution in [-0.2, 0) is 13.0 Å². The number of halogens is 1. The molecule has 0 aliphatic heterocycles. The first kappa shape index (κ1) is 21.3. The average molecular weight is 430 g/mol. The Morgan fingerprint density at radius 1 is 1.28 bits per heavy atom. The molecule has 0 fully saturated rings. The van der Waals surface area contributed by atoms with Gasteiger partial charge in [0.15, 0.2) is 0 Å². The number of hydrogen-bond donors (Lipinski definition) is 1. The summed E-state index contributed by atoms with van der Waals surface area (Å²) in [7, 11) is 1.83. The van der Waals surface area contributed by atoms with Crippen LogP contribution in [0.25, 0.3) is 0 Å². The number of hydrogen-bond acceptors (Lipinski definition) is 5. The van der Waals surface area contributed by atoms with Crippen LogP contribution in [0.2, 0.25) is 5.02 Å². The van der Waals surface area contributed by atoms with Gasteiger partial charge in [0.05, 0.1) is 18.6 Å². The highest BCUT2D eigenvalue weighted by molar-refractivity contribution is 8.13. The summed E-state index contributed by atoms with van der Waals surface area (Å²) in [4.78, 5) is 16.1. The van der Waals surface area contributed by atoms with E-state index in [1.165, 1.54) is 17.3 Å². The number of rotatable bonds is 9. The molecule has 0 bridgehead atoms. The number of thioether (sulfide) groups is 1. The Balaban J connectivity index is 1.76. The van der Waals surface area contributed by atoms with E-state index in [2.05, 4.69) is 10.3 Å². The minimum Gasteiger partial charge on any atom is -0.486 e. The SMILES string of the molecule is CNc1cc(C(=O)SC)ccc1OC(CCc1ccc(Cl)cc1)Cn1ccnc1. The fourth-order valence-corrected chi connectivity index (χ4v) is 3.54. The molecule has 5 nitrogen and oxygen atoms in total. The molecule has 1 aromatic heterocycles. The van der Waals surface area contributed by atoms with E-state index in [0.29, 0.717) is 12.1 Å². The standard InChI is InChI=1S/C22H24ClN3O2S/c1-24-20-13-17(22(27)29-2)6-10-21(20)28-19(14-26-12-11-25-15-26)9-5-16-3-7-18(23)8-4-16/h3-4,6-8,10-13,15,19,24H,5,9,14H2,1-2H3. The summed E-state index contributed by atoms with van der Waals surface area (Å²) in [5, 5.41) is 3.91. The van der Waals surface area contributed by atoms with Crippen LogP contribution in [0.5, 0.6) is 5.75 Å². The van der Waals surface area contributed by atoms with Crippen LogP contribution in [0.15, 0.2) is 61.2 Å². The molecule has 152 valence electrons. The summed E-state index contributed by atoms with van der Waals surface area (Å²) in [5.74, 6) is 0.728. The van der Waals surface area contributed by atoms with Crippen molar-refractivity contribution in [2.45, 2.75) is 25.5 Å². The van der Waals surface area contributed by atoms with Gasteiger partial charge in [0.1, 0.15) is 11.9 Å². The van der Waals surface area contributed by atoms with Crippen molar-refractivity contribution in [2.75, 3.05) is 18.6 Å². The molecule has 1 atom stereocenters. The van der Waals surface area contributed by atoms with Crippen LogP contribution < -0.4 is 10.1 Å². The number of aryl methyl sites for hydroxylation is 1. The van der Waals surface area contributed by atoms with Gasteiger partial charge in [0.25, 0.3) is 0 Å². The second-order valence-corrected chi connectivity index (χ2v) is 7.83. The molecule has 1 N–H and O–H groups in total. The van der Waals surface area contributed by atoms with Crippen molar-refractivity contribution in [1.29, 1.82) is 0 Å². The number of nitrogens with one attached hydrogen (secondary N) is 1. The number of anilines is 1. The molecule has 2 aromatic carbocycles. The molecule has 7 heteroatoms. The van der Waals surface area contributed by atoms with Crippen molar-refractivity contribution in [1.82, 2.24) is 9.55 Å². The summed E-state index contributed by atoms with van der Waals surface area (Å²) in [6.45, 7) is 0.683. The number of benzene rings is 2. The van der Waals surface area contributed by atoms with E-state index >= 15 is 0 Å². The topological polar surface area (TPSA) is 56.1 Å². The maximum atomic E-state index is 12.0. The molecule has 29 heavy (non-hydrogen) atoms. The number of aromatic nitrogens is 2. The lowest BCUT2D eigenvalue weighted by molar-refractivity contribution is 0.108. The summed E-state index contributed by atoms with van der Waals surface area (Å²) in [6.07, 6.45) is 8.90. The molecule has 0 saturated heterocycles. The first-order valence-electron chi connectivity index (χ1n) is 9.36. The lowest BCUT2D eigenvalue weighted by Crippen LogP contribution is -2.24. The maximum Gasteiger partial charge on any atom is 0.219 e. The van der Waals surface area contributed by atoms with E-state index in [0.717, 1.165) is 29.3 Å². The summed E-state index contributed by atoms with van der Waals surface area (Å²) >= 11 is 7.19. The lowest BCUT2D eigenvalue weighted by Gasteiger charge is -2.22. The Labute approximate surface area is 180 Å². The predicted molar refractivity (Wildman–Crippen MR) is 120 cm³/mol. The summed E-state index contributed by atoms with van der Waals surface area (Å²) in [6, 6.07) is 13.4. The van der Waals surface area contributed by atoms with Crippen LogP contribution in [0, 0.1) is 0 Å². The van der Waals surface area contributed by atoms with E-state index in [1.807, 2.05) is 60.3 Å². The van der Waals surface area contributed by atoms with Crippen LogP contribution in [0.4, 0.5) is 5.69 Å². The van der Waals surface area contributed by atoms with Gasteiger partial charge in [-0.15, -0.1) is 0 Å². The quantitative estimate of drug-likeness (QED) is 0.509. The van der Waals surface area contributed by atoms with Gasteiger partial charge in [-0.05, 0) is 55.0 Å². The van der Waals surface area contributed by atoms with Gasteiger partial charge in [-0.3, -0.25) is 4.79 Å². The zero-order chi connectivity index (χ0) is 20.6. The highest BCUT2D eigenvalue weighted by atomic mass is 35.5. The van der Waals surface area contributed by atoms with Crippen molar-refractivity contribution < 1.29 is 9.53 Å². The molecule has 1 unspecified atom stereocenters. The van der Waals surface area contributed by atoms with Crippen molar-refractivity contribution in [3.05, 3.63) is 77.3 Å². The smallest absolute Gasteiger partial charge is 0.219 e. The Morgan fingerprint density at radius 2 is 2.07 bits per heavy atom. The van der Waals surface area contributed by atoms with Gasteiger partial charge in [-0.1, -0.05) is 35.5 Å². The number of carbonyl (C=O) groups is 1. The first-order valence-corrected chi connectivity index (χ1v) is 11.0. The van der Waals surface area contributed by atoms with Crippen molar-refractivity contribution in [2.24, 2.45) is 0 Å². The second kappa shape index (κ2) is 10.4. The van der Waals surface area contributed by atoms with Crippen molar-refractivity contribution in [3.8, 4) is 5.75 Å². The van der Waals surface area contributed by atoms with Crippen molar-refractivity contribution >= 4 is 34.2 Å². The molecule has 0 aliphatic rings. The molecule has 1 heterocycles. The minimum atomic E-state index is -0.0610. The van der Waals surface area contributed by atoms with Crippen LogP contribution in [-0.4, -0.2) is 34.1 Å². The normalized spacial score (nSPS) is 11.8. The Morgan fingerprint density at radius 3 is 2.72 bits per heavy atom. The van der Waals surface area contributed by atoms with Gasteiger partial charge in [-0.25, -0.2) is 4.98 Å². The van der Waals surface area contributed by atoms with E-state index in [9.17, 15) is 4.79 Å². The van der Waals surface area contributed by atoms with E-state index in [4.69, 9.17) is 16.3 Å². The fourth-order valence-electron chi connectivity index (χ4n) is 3.05. The summed E-state index contributed by atoms with van der Waals surface area (Å²) in [5.41, 5.74) is 2.66. The van der Waals surface area contributed by atoms with Gasteiger partial charge in [0.2, 0.25) is 5.12 Å². The molecule has 3 rings (SSSR count). The minimum absolute atomic E-state index is 0.0331. The molecule has 0 spiro atoms. The largest absolute Gasteiger partial charge is 0.486 e. The van der Waals surface area contributed by atoms with E-state index in [1.54, 1.807) is 18.8 Å². The number of ether oxygens (including phenoxy) is 1.